The highest BCUT2D eigenvalue weighted by Crippen LogP contribution is 2.36. The number of nitrogens with zero attached hydrogens (tertiary/aromatic N) is 2. The topological polar surface area (TPSA) is 112 Å². The van der Waals surface area contributed by atoms with E-state index in [-0.39, 0.29) is 27.3 Å². The summed E-state index contributed by atoms with van der Waals surface area (Å²) in [6.07, 6.45) is 0. The normalized spacial score (nSPS) is 11.6. The highest BCUT2D eigenvalue weighted by molar-refractivity contribution is 7.18. The predicted octanol–water partition coefficient (Wildman–Crippen LogP) is 4.83. The van der Waals surface area contributed by atoms with Crippen LogP contribution in [0.1, 0.15) is 27.7 Å². The zero-order valence-electron chi connectivity index (χ0n) is 19.2. The van der Waals surface area contributed by atoms with Crippen molar-refractivity contribution in [1.29, 1.82) is 0 Å². The molecule has 0 radical (unpaired) electrons. The molecule has 4 aromatic rings. The van der Waals surface area contributed by atoms with Gasteiger partial charge in [-0.1, -0.05) is 41.7 Å². The number of carbonyl (C=O) groups excluding carboxylic acids is 2. The predicted molar refractivity (Wildman–Crippen MR) is 134 cm³/mol. The van der Waals surface area contributed by atoms with E-state index in [1.165, 1.54) is 17.9 Å². The van der Waals surface area contributed by atoms with E-state index in [1.54, 1.807) is 24.3 Å². The Hall–Kier alpha value is -4.31. The zero-order chi connectivity index (χ0) is 25.8. The average molecular weight is 509 g/mol. The number of nitrogens with two attached hydrogens (primary N) is 2. The van der Waals surface area contributed by atoms with Gasteiger partial charge in [0.2, 0.25) is 11.7 Å². The Morgan fingerprint density at radius 3 is 2.36 bits per heavy atom. The standard InChI is InChI=1S/C26H22F2N4O3S/c1-15(25(30)34)32(18-9-12-20(27)21(28)13-18)26-31-24(29)23(36-26)22(33)17-7-10-19(11-8-17)35-14-16-5-3-2-4-6-16/h2-13,15H,14,29H2,1H3,(H2,30,34). The highest BCUT2D eigenvalue weighted by Gasteiger charge is 2.28. The molecule has 0 bridgehead atoms. The molecule has 1 amide bonds. The summed E-state index contributed by atoms with van der Waals surface area (Å²) in [4.78, 5) is 30.8. The fourth-order valence-electron chi connectivity index (χ4n) is 3.42. The molecule has 1 heterocycles. The Kier molecular flexibility index (Phi) is 7.25. The number of thiazole rings is 1. The minimum absolute atomic E-state index is 0.0614. The van der Waals surface area contributed by atoms with Gasteiger partial charge < -0.3 is 21.1 Å². The maximum atomic E-state index is 13.9. The van der Waals surface area contributed by atoms with Crippen LogP contribution in [0.5, 0.6) is 5.75 Å². The molecule has 0 aliphatic carbocycles. The van der Waals surface area contributed by atoms with E-state index in [4.69, 9.17) is 16.2 Å². The quantitative estimate of drug-likeness (QED) is 0.314. The van der Waals surface area contributed by atoms with Crippen molar-refractivity contribution in [3.63, 3.8) is 0 Å². The van der Waals surface area contributed by atoms with E-state index >= 15 is 0 Å². The largest absolute Gasteiger partial charge is 0.489 e. The number of halogens is 2. The third-order valence-electron chi connectivity index (χ3n) is 5.40. The molecule has 0 saturated heterocycles. The molecule has 3 aromatic carbocycles. The number of carbonyl (C=O) groups is 2. The molecule has 4 N–H and O–H groups in total. The maximum Gasteiger partial charge on any atom is 0.240 e. The first kappa shape index (κ1) is 24.8. The van der Waals surface area contributed by atoms with Gasteiger partial charge in [0.05, 0.1) is 0 Å². The zero-order valence-corrected chi connectivity index (χ0v) is 20.0. The molecule has 1 atom stereocenters. The molecule has 7 nitrogen and oxygen atoms in total. The number of primary amides is 1. The molecule has 10 heteroatoms. The number of anilines is 3. The molecule has 1 aromatic heterocycles. The molecule has 0 saturated carbocycles. The van der Waals surface area contributed by atoms with Gasteiger partial charge in [0.25, 0.3) is 0 Å². The monoisotopic (exact) mass is 508 g/mol. The summed E-state index contributed by atoms with van der Waals surface area (Å²) < 4.78 is 33.1. The van der Waals surface area contributed by atoms with Gasteiger partial charge in [-0.25, -0.2) is 13.8 Å². The number of amides is 1. The molecule has 0 aliphatic rings. The Morgan fingerprint density at radius 1 is 1.03 bits per heavy atom. The van der Waals surface area contributed by atoms with Crippen molar-refractivity contribution in [2.75, 3.05) is 10.6 Å². The van der Waals surface area contributed by atoms with Gasteiger partial charge >= 0.3 is 0 Å². The van der Waals surface area contributed by atoms with E-state index in [0.717, 1.165) is 29.0 Å². The molecule has 0 fully saturated rings. The summed E-state index contributed by atoms with van der Waals surface area (Å²) in [5.41, 5.74) is 13.0. The lowest BCUT2D eigenvalue weighted by molar-refractivity contribution is -0.118. The summed E-state index contributed by atoms with van der Waals surface area (Å²) >= 11 is 0.918. The highest BCUT2D eigenvalue weighted by atomic mass is 32.1. The minimum Gasteiger partial charge on any atom is -0.489 e. The number of hydrogen-bond donors (Lipinski definition) is 2. The Balaban J connectivity index is 1.58. The van der Waals surface area contributed by atoms with Crippen LogP contribution < -0.4 is 21.1 Å². The molecule has 184 valence electrons. The van der Waals surface area contributed by atoms with E-state index in [0.29, 0.717) is 17.9 Å². The van der Waals surface area contributed by atoms with Crippen molar-refractivity contribution >= 4 is 39.7 Å². The number of benzene rings is 3. The van der Waals surface area contributed by atoms with Gasteiger partial charge in [0.15, 0.2) is 16.8 Å². The van der Waals surface area contributed by atoms with Crippen LogP contribution in [-0.4, -0.2) is 22.7 Å². The van der Waals surface area contributed by atoms with Crippen molar-refractivity contribution in [3.8, 4) is 5.75 Å². The second-order valence-corrected chi connectivity index (χ2v) is 8.86. The molecular weight excluding hydrogens is 486 g/mol. The third kappa shape index (κ3) is 5.33. The van der Waals surface area contributed by atoms with Gasteiger partial charge in [0, 0.05) is 17.3 Å². The van der Waals surface area contributed by atoms with Crippen molar-refractivity contribution in [1.82, 2.24) is 4.98 Å². The summed E-state index contributed by atoms with van der Waals surface area (Å²) in [6.45, 7) is 1.87. The Labute approximate surface area is 209 Å². The first-order chi connectivity index (χ1) is 17.2. The maximum absolute atomic E-state index is 13.9. The summed E-state index contributed by atoms with van der Waals surface area (Å²) in [5, 5.41) is 0.135. The van der Waals surface area contributed by atoms with Gasteiger partial charge in [-0.15, -0.1) is 0 Å². The lowest BCUT2D eigenvalue weighted by Gasteiger charge is -2.26. The van der Waals surface area contributed by atoms with E-state index in [1.807, 2.05) is 30.3 Å². The van der Waals surface area contributed by atoms with Gasteiger partial charge in [-0.2, -0.15) is 0 Å². The molecule has 0 aliphatic heterocycles. The van der Waals surface area contributed by atoms with Crippen LogP contribution in [0.3, 0.4) is 0 Å². The van der Waals surface area contributed by atoms with E-state index in [2.05, 4.69) is 4.98 Å². The van der Waals surface area contributed by atoms with E-state index in [9.17, 15) is 18.4 Å². The minimum atomic E-state index is -1.11. The second-order valence-electron chi connectivity index (χ2n) is 7.89. The van der Waals surface area contributed by atoms with Crippen LogP contribution in [0.2, 0.25) is 0 Å². The molecular formula is C26H22F2N4O3S. The van der Waals surface area contributed by atoms with Crippen molar-refractivity contribution < 1.29 is 23.1 Å². The number of rotatable bonds is 9. The summed E-state index contributed by atoms with van der Waals surface area (Å²) in [7, 11) is 0. The SMILES string of the molecule is CC(C(N)=O)N(c1ccc(F)c(F)c1)c1nc(N)c(C(=O)c2ccc(OCc3ccccc3)cc2)s1. The van der Waals surface area contributed by atoms with E-state index < -0.39 is 23.6 Å². The average Bonchev–Trinajstić information content (AvgIpc) is 3.26. The first-order valence-corrected chi connectivity index (χ1v) is 11.7. The van der Waals surface area contributed by atoms with Crippen LogP contribution in [0.4, 0.5) is 25.4 Å². The van der Waals surface area contributed by atoms with Crippen molar-refractivity contribution in [3.05, 3.63) is 100 Å². The summed E-state index contributed by atoms with van der Waals surface area (Å²) in [6, 6.07) is 18.4. The van der Waals surface area contributed by atoms with Gasteiger partial charge in [-0.3, -0.25) is 9.59 Å². The van der Waals surface area contributed by atoms with Crippen LogP contribution in [-0.2, 0) is 11.4 Å². The lowest BCUT2D eigenvalue weighted by atomic mass is 10.1. The van der Waals surface area contributed by atoms with Crippen molar-refractivity contribution in [2.45, 2.75) is 19.6 Å². The van der Waals surface area contributed by atoms with Crippen LogP contribution in [0.15, 0.2) is 72.8 Å². The van der Waals surface area contributed by atoms with Gasteiger partial charge in [-0.05, 0) is 48.9 Å². The van der Waals surface area contributed by atoms with Crippen LogP contribution in [0.25, 0.3) is 0 Å². The van der Waals surface area contributed by atoms with Crippen molar-refractivity contribution in [2.24, 2.45) is 5.73 Å². The Morgan fingerprint density at radius 2 is 1.72 bits per heavy atom. The third-order valence-corrected chi connectivity index (χ3v) is 6.47. The fraction of sp³-hybridized carbons (Fsp3) is 0.115. The number of ketones is 1. The molecule has 1 unspecified atom stereocenters. The molecule has 4 rings (SSSR count). The number of hydrogen-bond acceptors (Lipinski definition) is 7. The smallest absolute Gasteiger partial charge is 0.240 e. The number of nitrogen functional groups attached to an aromatic ring is 1. The molecule has 36 heavy (non-hydrogen) atoms. The first-order valence-electron chi connectivity index (χ1n) is 10.9. The number of aromatic nitrogens is 1. The number of ether oxygens (including phenoxy) is 1. The summed E-state index contributed by atoms with van der Waals surface area (Å²) in [5.74, 6) is -2.74. The molecule has 0 spiro atoms. The van der Waals surface area contributed by atoms with Gasteiger partial charge in [0.1, 0.15) is 29.1 Å². The fourth-order valence-corrected chi connectivity index (χ4v) is 4.47. The van der Waals surface area contributed by atoms with Crippen LogP contribution in [0, 0.1) is 11.6 Å². The lowest BCUT2D eigenvalue weighted by Crippen LogP contribution is -2.40. The Bertz CT molecular complexity index is 1390. The second kappa shape index (κ2) is 10.5. The van der Waals surface area contributed by atoms with Crippen LogP contribution >= 0.6 is 11.3 Å².